The van der Waals surface area contributed by atoms with Crippen molar-refractivity contribution in [2.24, 2.45) is 0 Å². The van der Waals surface area contributed by atoms with Crippen molar-refractivity contribution < 1.29 is 0 Å². The lowest BCUT2D eigenvalue weighted by Crippen LogP contribution is -2.51. The normalized spacial score (nSPS) is 39.9. The van der Waals surface area contributed by atoms with Gasteiger partial charge in [-0.2, -0.15) is 0 Å². The molecule has 1 N–H and O–H groups in total. The fraction of sp³-hybridized carbons (Fsp3) is 1.00. The molecule has 0 saturated carbocycles. The van der Waals surface area contributed by atoms with Crippen molar-refractivity contribution in [1.29, 1.82) is 0 Å². The highest BCUT2D eigenvalue weighted by molar-refractivity contribution is 5.01. The summed E-state index contributed by atoms with van der Waals surface area (Å²) in [6.45, 7) is 9.57. The number of hydrogen-bond donors (Lipinski definition) is 1. The Hall–Kier alpha value is -0.0800. The van der Waals surface area contributed by atoms with Gasteiger partial charge >= 0.3 is 0 Å². The second-order valence-corrected chi connectivity index (χ2v) is 5.18. The Kier molecular flexibility index (Phi) is 2.37. The summed E-state index contributed by atoms with van der Waals surface area (Å²) in [5, 5.41) is 3.60. The maximum Gasteiger partial charge on any atom is 0.0287 e. The minimum absolute atomic E-state index is 0.332. The number of nitrogens with zero attached hydrogens (tertiary/aromatic N) is 1. The van der Waals surface area contributed by atoms with Gasteiger partial charge in [0.15, 0.2) is 0 Å². The Morgan fingerprint density at radius 3 is 2.54 bits per heavy atom. The van der Waals surface area contributed by atoms with E-state index < -0.39 is 0 Å². The summed E-state index contributed by atoms with van der Waals surface area (Å²) in [4.78, 5) is 2.71. The lowest BCUT2D eigenvalue weighted by atomic mass is 9.95. The predicted molar refractivity (Wildman–Crippen MR) is 55.9 cm³/mol. The zero-order valence-corrected chi connectivity index (χ0v) is 9.14. The Morgan fingerprint density at radius 2 is 2.08 bits per heavy atom. The number of likely N-dealkylation sites (tertiary alicyclic amines) is 1. The molecule has 0 aliphatic carbocycles. The van der Waals surface area contributed by atoms with E-state index in [1.165, 1.54) is 32.4 Å². The average Bonchev–Trinajstić information content (AvgIpc) is 2.56. The van der Waals surface area contributed by atoms with Crippen LogP contribution < -0.4 is 5.32 Å². The van der Waals surface area contributed by atoms with Crippen LogP contribution in [0.15, 0.2) is 0 Å². The molecule has 2 aliphatic rings. The predicted octanol–water partition coefficient (Wildman–Crippen LogP) is 1.61. The third kappa shape index (κ3) is 1.62. The molecule has 0 spiro atoms. The zero-order chi connectivity index (χ0) is 9.47. The van der Waals surface area contributed by atoms with E-state index in [4.69, 9.17) is 0 Å². The Labute approximate surface area is 81.7 Å². The molecule has 13 heavy (non-hydrogen) atoms. The van der Waals surface area contributed by atoms with Crippen molar-refractivity contribution in [3.05, 3.63) is 0 Å². The van der Waals surface area contributed by atoms with Crippen LogP contribution in [0.3, 0.4) is 0 Å². The van der Waals surface area contributed by atoms with E-state index in [0.29, 0.717) is 5.54 Å². The van der Waals surface area contributed by atoms with Crippen molar-refractivity contribution in [1.82, 2.24) is 10.2 Å². The van der Waals surface area contributed by atoms with Crippen LogP contribution in [0.2, 0.25) is 0 Å². The highest BCUT2D eigenvalue weighted by atomic mass is 15.3. The molecule has 0 amide bonds. The Bertz CT molecular complexity index is 189. The van der Waals surface area contributed by atoms with Gasteiger partial charge in [-0.15, -0.1) is 0 Å². The van der Waals surface area contributed by atoms with E-state index in [1.54, 1.807) is 0 Å². The van der Waals surface area contributed by atoms with Gasteiger partial charge in [0.2, 0.25) is 0 Å². The van der Waals surface area contributed by atoms with Gasteiger partial charge in [0, 0.05) is 17.6 Å². The van der Waals surface area contributed by atoms with Gasteiger partial charge in [-0.25, -0.2) is 0 Å². The molecule has 2 rings (SSSR count). The molecule has 2 heterocycles. The molecule has 0 bridgehead atoms. The van der Waals surface area contributed by atoms with Crippen molar-refractivity contribution in [3.63, 3.8) is 0 Å². The summed E-state index contributed by atoms with van der Waals surface area (Å²) in [5.41, 5.74) is 0.332. The first-order chi connectivity index (χ1) is 6.11. The topological polar surface area (TPSA) is 15.3 Å². The number of nitrogens with one attached hydrogen (secondary N) is 1. The van der Waals surface area contributed by atoms with Crippen LogP contribution in [0, 0.1) is 0 Å². The van der Waals surface area contributed by atoms with Crippen molar-refractivity contribution >= 4 is 0 Å². The van der Waals surface area contributed by atoms with Gasteiger partial charge in [-0.3, -0.25) is 4.90 Å². The molecule has 2 fully saturated rings. The molecular weight excluding hydrogens is 160 g/mol. The zero-order valence-electron chi connectivity index (χ0n) is 9.14. The summed E-state index contributed by atoms with van der Waals surface area (Å²) >= 11 is 0. The van der Waals surface area contributed by atoms with Crippen LogP contribution >= 0.6 is 0 Å². The van der Waals surface area contributed by atoms with Gasteiger partial charge in [0.05, 0.1) is 0 Å². The molecule has 0 aromatic carbocycles. The molecule has 2 saturated heterocycles. The molecule has 2 aliphatic heterocycles. The van der Waals surface area contributed by atoms with Crippen LogP contribution in [-0.4, -0.2) is 35.6 Å². The SMILES string of the molecule is CC1CCCN1C1CCNC1(C)C. The quantitative estimate of drug-likeness (QED) is 0.663. The Balaban J connectivity index is 2.07. The van der Waals surface area contributed by atoms with Crippen molar-refractivity contribution in [2.75, 3.05) is 13.1 Å². The summed E-state index contributed by atoms with van der Waals surface area (Å²) < 4.78 is 0. The monoisotopic (exact) mass is 182 g/mol. The fourth-order valence-electron chi connectivity index (χ4n) is 3.01. The molecule has 76 valence electrons. The van der Waals surface area contributed by atoms with Crippen LogP contribution in [-0.2, 0) is 0 Å². The van der Waals surface area contributed by atoms with Crippen LogP contribution in [0.4, 0.5) is 0 Å². The second-order valence-electron chi connectivity index (χ2n) is 5.18. The largest absolute Gasteiger partial charge is 0.310 e. The van der Waals surface area contributed by atoms with Crippen molar-refractivity contribution in [3.8, 4) is 0 Å². The second kappa shape index (κ2) is 3.25. The lowest BCUT2D eigenvalue weighted by molar-refractivity contribution is 0.141. The standard InChI is InChI=1S/C11H22N2/c1-9-5-4-8-13(9)10-6-7-12-11(10,2)3/h9-10,12H,4-8H2,1-3H3. The lowest BCUT2D eigenvalue weighted by Gasteiger charge is -2.37. The summed E-state index contributed by atoms with van der Waals surface area (Å²) in [6.07, 6.45) is 4.12. The van der Waals surface area contributed by atoms with Crippen LogP contribution in [0.1, 0.15) is 40.0 Å². The molecule has 0 radical (unpaired) electrons. The van der Waals surface area contributed by atoms with E-state index >= 15 is 0 Å². The highest BCUT2D eigenvalue weighted by Crippen LogP contribution is 2.30. The Morgan fingerprint density at radius 1 is 1.31 bits per heavy atom. The van der Waals surface area contributed by atoms with Gasteiger partial charge in [-0.05, 0) is 53.1 Å². The average molecular weight is 182 g/mol. The van der Waals surface area contributed by atoms with E-state index in [0.717, 1.165) is 12.1 Å². The van der Waals surface area contributed by atoms with Gasteiger partial charge < -0.3 is 5.32 Å². The summed E-state index contributed by atoms with van der Waals surface area (Å²) in [7, 11) is 0. The molecule has 0 aromatic rings. The molecule has 2 heteroatoms. The smallest absolute Gasteiger partial charge is 0.0287 e. The molecule has 2 unspecified atom stereocenters. The highest BCUT2D eigenvalue weighted by Gasteiger charge is 2.40. The summed E-state index contributed by atoms with van der Waals surface area (Å²) in [6, 6.07) is 1.58. The number of rotatable bonds is 1. The van der Waals surface area contributed by atoms with Gasteiger partial charge in [-0.1, -0.05) is 0 Å². The molecule has 2 nitrogen and oxygen atoms in total. The third-order valence-corrected chi connectivity index (χ3v) is 3.84. The first kappa shape index (κ1) is 9.47. The molecular formula is C11H22N2. The minimum atomic E-state index is 0.332. The first-order valence-electron chi connectivity index (χ1n) is 5.62. The van der Waals surface area contributed by atoms with Gasteiger partial charge in [0.1, 0.15) is 0 Å². The van der Waals surface area contributed by atoms with E-state index in [1.807, 2.05) is 0 Å². The minimum Gasteiger partial charge on any atom is -0.310 e. The van der Waals surface area contributed by atoms with Crippen LogP contribution in [0.5, 0.6) is 0 Å². The molecule has 2 atom stereocenters. The summed E-state index contributed by atoms with van der Waals surface area (Å²) in [5.74, 6) is 0. The molecule has 0 aromatic heterocycles. The first-order valence-corrected chi connectivity index (χ1v) is 5.62. The fourth-order valence-corrected chi connectivity index (χ4v) is 3.01. The van der Waals surface area contributed by atoms with Crippen molar-refractivity contribution in [2.45, 2.75) is 57.7 Å². The van der Waals surface area contributed by atoms with E-state index in [9.17, 15) is 0 Å². The number of hydrogen-bond acceptors (Lipinski definition) is 2. The van der Waals surface area contributed by atoms with E-state index in [2.05, 4.69) is 31.0 Å². The van der Waals surface area contributed by atoms with Crippen LogP contribution in [0.25, 0.3) is 0 Å². The van der Waals surface area contributed by atoms with Gasteiger partial charge in [0.25, 0.3) is 0 Å². The maximum atomic E-state index is 3.60. The maximum absolute atomic E-state index is 3.60. The van der Waals surface area contributed by atoms with E-state index in [-0.39, 0.29) is 0 Å². The third-order valence-electron chi connectivity index (χ3n) is 3.84.